The molecule has 19 heavy (non-hydrogen) atoms. The largest absolute Gasteiger partial charge is 0.490 e. The van der Waals surface area contributed by atoms with Gasteiger partial charge in [-0.15, -0.1) is 0 Å². The van der Waals surface area contributed by atoms with E-state index in [9.17, 15) is 0 Å². The smallest absolute Gasteiger partial charge is 0.142 e. The van der Waals surface area contributed by atoms with Crippen molar-refractivity contribution < 1.29 is 4.74 Å². The maximum atomic E-state index is 5.81. The van der Waals surface area contributed by atoms with Crippen LogP contribution in [0.1, 0.15) is 0 Å². The van der Waals surface area contributed by atoms with Crippen molar-refractivity contribution in [1.82, 2.24) is 4.90 Å². The molecule has 0 spiro atoms. The van der Waals surface area contributed by atoms with Gasteiger partial charge in [0.1, 0.15) is 12.4 Å². The second-order valence-corrected chi connectivity index (χ2v) is 4.56. The Hall–Kier alpha value is -2.00. The Labute approximate surface area is 114 Å². The number of rotatable bonds is 6. The number of benzene rings is 2. The van der Waals surface area contributed by atoms with E-state index >= 15 is 0 Å². The quantitative estimate of drug-likeness (QED) is 0.858. The van der Waals surface area contributed by atoms with Gasteiger partial charge in [-0.25, -0.2) is 0 Å². The van der Waals surface area contributed by atoms with E-state index in [0.29, 0.717) is 6.61 Å². The van der Waals surface area contributed by atoms with Crippen LogP contribution in [0, 0.1) is 6.07 Å². The second-order valence-electron chi connectivity index (χ2n) is 4.56. The standard InChI is InChI=1S/C16H19N2O/c1-18(2)12-13-19-16-11-7-6-10-15(16)17-14-8-4-3-5-9-14/h4-11,17H,12-13H2,1-2H3. The van der Waals surface area contributed by atoms with Crippen LogP contribution in [-0.2, 0) is 0 Å². The van der Waals surface area contributed by atoms with Crippen LogP contribution in [0.15, 0.2) is 48.5 Å². The zero-order valence-electron chi connectivity index (χ0n) is 11.4. The van der Waals surface area contributed by atoms with Gasteiger partial charge in [-0.2, -0.15) is 0 Å². The summed E-state index contributed by atoms with van der Waals surface area (Å²) in [6.45, 7) is 1.57. The third kappa shape index (κ3) is 4.30. The summed E-state index contributed by atoms with van der Waals surface area (Å²) in [6.07, 6.45) is 0. The first-order chi connectivity index (χ1) is 9.25. The van der Waals surface area contributed by atoms with E-state index in [1.165, 1.54) is 0 Å². The highest BCUT2D eigenvalue weighted by atomic mass is 16.5. The van der Waals surface area contributed by atoms with Gasteiger partial charge in [-0.05, 0) is 44.4 Å². The molecule has 3 nitrogen and oxygen atoms in total. The summed E-state index contributed by atoms with van der Waals surface area (Å²) in [5.41, 5.74) is 2.01. The van der Waals surface area contributed by atoms with Crippen LogP contribution in [-0.4, -0.2) is 32.1 Å². The Kier molecular flexibility index (Phi) is 4.81. The molecule has 0 saturated carbocycles. The molecule has 0 unspecified atom stereocenters. The Balaban J connectivity index is 2.04. The third-order valence-corrected chi connectivity index (χ3v) is 2.68. The molecule has 0 aliphatic carbocycles. The summed E-state index contributed by atoms with van der Waals surface area (Å²) in [5.74, 6) is 0.872. The van der Waals surface area contributed by atoms with Crippen molar-refractivity contribution in [2.75, 3.05) is 32.6 Å². The van der Waals surface area contributed by atoms with Crippen molar-refractivity contribution >= 4 is 11.4 Å². The summed E-state index contributed by atoms with van der Waals surface area (Å²) in [7, 11) is 4.07. The maximum Gasteiger partial charge on any atom is 0.142 e. The minimum absolute atomic E-state index is 0.675. The fourth-order valence-corrected chi connectivity index (χ4v) is 1.66. The molecule has 1 N–H and O–H groups in total. The number of ether oxygens (including phenoxy) is 1. The summed E-state index contributed by atoms with van der Waals surface area (Å²) in [4.78, 5) is 2.10. The molecule has 0 atom stereocenters. The number of anilines is 2. The van der Waals surface area contributed by atoms with Crippen LogP contribution >= 0.6 is 0 Å². The number of likely N-dealkylation sites (N-methyl/N-ethyl adjacent to an activating group) is 1. The highest BCUT2D eigenvalue weighted by Crippen LogP contribution is 2.27. The average Bonchev–Trinajstić information content (AvgIpc) is 2.41. The van der Waals surface area contributed by atoms with Crippen LogP contribution < -0.4 is 10.1 Å². The van der Waals surface area contributed by atoms with Gasteiger partial charge in [-0.1, -0.05) is 24.3 Å². The fraction of sp³-hybridized carbons (Fsp3) is 0.250. The Morgan fingerprint density at radius 2 is 1.84 bits per heavy atom. The summed E-state index contributed by atoms with van der Waals surface area (Å²) in [5, 5.41) is 3.35. The molecule has 0 aliphatic heterocycles. The molecule has 2 rings (SSSR count). The second kappa shape index (κ2) is 6.81. The number of hydrogen-bond acceptors (Lipinski definition) is 3. The van der Waals surface area contributed by atoms with E-state index in [1.54, 1.807) is 0 Å². The van der Waals surface area contributed by atoms with E-state index in [0.717, 1.165) is 23.7 Å². The molecule has 0 heterocycles. The van der Waals surface area contributed by atoms with Gasteiger partial charge in [0.25, 0.3) is 0 Å². The minimum Gasteiger partial charge on any atom is -0.490 e. The SMILES string of the molecule is CN(C)CCOc1ccccc1Nc1cc[c]cc1. The van der Waals surface area contributed by atoms with E-state index in [-0.39, 0.29) is 0 Å². The predicted molar refractivity (Wildman–Crippen MR) is 79.1 cm³/mol. The molecule has 0 saturated heterocycles. The van der Waals surface area contributed by atoms with Gasteiger partial charge >= 0.3 is 0 Å². The minimum atomic E-state index is 0.675. The summed E-state index contributed by atoms with van der Waals surface area (Å²) >= 11 is 0. The van der Waals surface area contributed by atoms with Gasteiger partial charge in [0.05, 0.1) is 5.69 Å². The van der Waals surface area contributed by atoms with Crippen molar-refractivity contribution in [3.63, 3.8) is 0 Å². The van der Waals surface area contributed by atoms with E-state index in [2.05, 4.69) is 16.3 Å². The van der Waals surface area contributed by atoms with Crippen molar-refractivity contribution in [2.45, 2.75) is 0 Å². The highest BCUT2D eigenvalue weighted by molar-refractivity contribution is 5.65. The third-order valence-electron chi connectivity index (χ3n) is 2.68. The highest BCUT2D eigenvalue weighted by Gasteiger charge is 2.03. The lowest BCUT2D eigenvalue weighted by Gasteiger charge is -2.15. The van der Waals surface area contributed by atoms with Crippen molar-refractivity contribution in [3.8, 4) is 5.75 Å². The molecule has 1 radical (unpaired) electrons. The van der Waals surface area contributed by atoms with Crippen LogP contribution in [0.25, 0.3) is 0 Å². The molecule has 0 amide bonds. The number of nitrogens with zero attached hydrogens (tertiary/aromatic N) is 1. The lowest BCUT2D eigenvalue weighted by atomic mass is 10.2. The van der Waals surface area contributed by atoms with Crippen LogP contribution in [0.3, 0.4) is 0 Å². The van der Waals surface area contributed by atoms with E-state index in [1.807, 2.05) is 62.6 Å². The topological polar surface area (TPSA) is 24.5 Å². The van der Waals surface area contributed by atoms with Crippen molar-refractivity contribution in [3.05, 3.63) is 54.6 Å². The zero-order valence-corrected chi connectivity index (χ0v) is 11.4. The first-order valence-corrected chi connectivity index (χ1v) is 6.35. The number of hydrogen-bond donors (Lipinski definition) is 1. The van der Waals surface area contributed by atoms with Crippen molar-refractivity contribution in [2.24, 2.45) is 0 Å². The number of para-hydroxylation sites is 2. The van der Waals surface area contributed by atoms with E-state index in [4.69, 9.17) is 4.74 Å². The molecule has 0 aromatic heterocycles. The van der Waals surface area contributed by atoms with Crippen LogP contribution in [0.5, 0.6) is 5.75 Å². The lowest BCUT2D eigenvalue weighted by Crippen LogP contribution is -2.19. The lowest BCUT2D eigenvalue weighted by molar-refractivity contribution is 0.262. The molecular formula is C16H19N2O. The van der Waals surface area contributed by atoms with Crippen LogP contribution in [0.2, 0.25) is 0 Å². The van der Waals surface area contributed by atoms with Gasteiger partial charge in [-0.3, -0.25) is 0 Å². The van der Waals surface area contributed by atoms with Gasteiger partial charge in [0.15, 0.2) is 0 Å². The molecule has 2 aromatic rings. The van der Waals surface area contributed by atoms with Crippen LogP contribution in [0.4, 0.5) is 11.4 Å². The maximum absolute atomic E-state index is 5.81. The number of nitrogens with one attached hydrogen (secondary N) is 1. The summed E-state index contributed by atoms with van der Waals surface area (Å²) < 4.78 is 5.81. The Morgan fingerprint density at radius 3 is 2.58 bits per heavy atom. The average molecular weight is 255 g/mol. The molecule has 99 valence electrons. The Morgan fingerprint density at radius 1 is 1.11 bits per heavy atom. The first-order valence-electron chi connectivity index (χ1n) is 6.35. The molecule has 2 aromatic carbocycles. The van der Waals surface area contributed by atoms with Gasteiger partial charge in [0.2, 0.25) is 0 Å². The zero-order chi connectivity index (χ0) is 13.5. The van der Waals surface area contributed by atoms with Gasteiger partial charge < -0.3 is 15.0 Å². The van der Waals surface area contributed by atoms with E-state index < -0.39 is 0 Å². The molecule has 0 fully saturated rings. The first kappa shape index (κ1) is 13.4. The molecule has 3 heteroatoms. The fourth-order valence-electron chi connectivity index (χ4n) is 1.66. The molecule has 0 bridgehead atoms. The normalized spacial score (nSPS) is 10.5. The predicted octanol–water partition coefficient (Wildman–Crippen LogP) is 3.17. The van der Waals surface area contributed by atoms with Gasteiger partial charge in [0, 0.05) is 12.2 Å². The van der Waals surface area contributed by atoms with Crippen molar-refractivity contribution in [1.29, 1.82) is 0 Å². The Bertz CT molecular complexity index is 497. The monoisotopic (exact) mass is 255 g/mol. The molecular weight excluding hydrogens is 236 g/mol. The summed E-state index contributed by atoms with van der Waals surface area (Å²) in [6, 6.07) is 18.7. The molecule has 0 aliphatic rings.